The van der Waals surface area contributed by atoms with Crippen molar-refractivity contribution in [2.75, 3.05) is 20.1 Å². The second-order valence-electron chi connectivity index (χ2n) is 5.54. The van der Waals surface area contributed by atoms with Crippen molar-refractivity contribution in [3.05, 3.63) is 41.5 Å². The Morgan fingerprint density at radius 1 is 1.32 bits per heavy atom. The number of aliphatic imine (C=N–C) groups is 1. The van der Waals surface area contributed by atoms with E-state index < -0.39 is 0 Å². The van der Waals surface area contributed by atoms with E-state index in [9.17, 15) is 9.59 Å². The number of pyridine rings is 1. The average molecular weight is 344 g/mol. The van der Waals surface area contributed by atoms with E-state index in [4.69, 9.17) is 0 Å². The molecule has 1 aliphatic heterocycles. The third-order valence-corrected chi connectivity index (χ3v) is 3.88. The van der Waals surface area contributed by atoms with Gasteiger partial charge in [0.2, 0.25) is 12.3 Å². The summed E-state index contributed by atoms with van der Waals surface area (Å²) in [6.45, 7) is 5.25. The highest BCUT2D eigenvalue weighted by Crippen LogP contribution is 2.20. The van der Waals surface area contributed by atoms with Crippen molar-refractivity contribution in [1.29, 1.82) is 0 Å². The number of nitrogens with one attached hydrogen (secondary N) is 3. The van der Waals surface area contributed by atoms with Gasteiger partial charge in [-0.15, -0.1) is 0 Å². The normalized spacial score (nSPS) is 14.4. The molecule has 1 aliphatic rings. The fraction of sp³-hybridized carbons (Fsp3) is 0.412. The minimum atomic E-state index is -0.183. The molecule has 0 unspecified atom stereocenters. The maximum atomic E-state index is 11.5. The molecule has 3 N–H and O–H groups in total. The zero-order chi connectivity index (χ0) is 18.1. The largest absolute Gasteiger partial charge is 0.358 e. The SMILES string of the molecule is CCN1Cc2ccc(C(=NC)N/C=C/NC(=O)CCNC=O)nc2C1. The number of fused-ring (bicyclic) bond motifs is 1. The van der Waals surface area contributed by atoms with Gasteiger partial charge in [0.25, 0.3) is 0 Å². The lowest BCUT2D eigenvalue weighted by atomic mass is 10.2. The molecule has 8 nitrogen and oxygen atoms in total. The Morgan fingerprint density at radius 3 is 2.84 bits per heavy atom. The van der Waals surface area contributed by atoms with Crippen LogP contribution < -0.4 is 16.0 Å². The van der Waals surface area contributed by atoms with E-state index in [1.807, 2.05) is 6.07 Å². The van der Waals surface area contributed by atoms with Gasteiger partial charge in [0, 0.05) is 45.5 Å². The minimum Gasteiger partial charge on any atom is -0.358 e. The fourth-order valence-corrected chi connectivity index (χ4v) is 2.50. The van der Waals surface area contributed by atoms with Gasteiger partial charge in [0.1, 0.15) is 5.69 Å². The van der Waals surface area contributed by atoms with Crippen molar-refractivity contribution < 1.29 is 9.59 Å². The molecule has 2 amide bonds. The Bertz CT molecular complexity index is 671. The number of carbonyl (C=O) groups is 2. The van der Waals surface area contributed by atoms with Gasteiger partial charge in [0.05, 0.1) is 5.69 Å². The highest BCUT2D eigenvalue weighted by atomic mass is 16.1. The predicted molar refractivity (Wildman–Crippen MR) is 95.6 cm³/mol. The summed E-state index contributed by atoms with van der Waals surface area (Å²) in [5.41, 5.74) is 3.11. The molecule has 0 spiro atoms. The third kappa shape index (κ3) is 5.39. The average Bonchev–Trinajstić information content (AvgIpc) is 3.04. The van der Waals surface area contributed by atoms with E-state index in [1.165, 1.54) is 11.8 Å². The van der Waals surface area contributed by atoms with Crippen LogP contribution in [0.15, 0.2) is 29.5 Å². The van der Waals surface area contributed by atoms with Crippen LogP contribution in [-0.2, 0) is 22.7 Å². The maximum Gasteiger partial charge on any atom is 0.225 e. The molecular formula is C17H24N6O2. The molecule has 25 heavy (non-hydrogen) atoms. The Hall–Kier alpha value is -2.74. The molecule has 1 aromatic rings. The lowest BCUT2D eigenvalue weighted by Gasteiger charge is -2.09. The predicted octanol–water partition coefficient (Wildman–Crippen LogP) is 0.107. The van der Waals surface area contributed by atoms with Crippen LogP contribution in [0.4, 0.5) is 0 Å². The van der Waals surface area contributed by atoms with Crippen LogP contribution in [0, 0.1) is 0 Å². The van der Waals surface area contributed by atoms with Crippen LogP contribution in [0.3, 0.4) is 0 Å². The second-order valence-corrected chi connectivity index (χ2v) is 5.54. The standard InChI is InChI=1S/C17H24N6O2/c1-3-23-10-13-4-5-14(22-15(13)11-23)17(18-2)21-9-8-20-16(25)6-7-19-12-24/h4-5,8-9,12H,3,6-7,10-11H2,1-2H3,(H,18,21)(H,19,24)(H,20,25)/b9-8+. The molecule has 2 rings (SSSR count). The van der Waals surface area contributed by atoms with Crippen molar-refractivity contribution in [3.8, 4) is 0 Å². The third-order valence-electron chi connectivity index (χ3n) is 3.88. The first-order chi connectivity index (χ1) is 12.2. The van der Waals surface area contributed by atoms with Crippen LogP contribution in [0.25, 0.3) is 0 Å². The molecule has 1 aromatic heterocycles. The van der Waals surface area contributed by atoms with Crippen molar-refractivity contribution >= 4 is 18.2 Å². The molecule has 0 atom stereocenters. The van der Waals surface area contributed by atoms with Crippen molar-refractivity contribution in [3.63, 3.8) is 0 Å². The summed E-state index contributed by atoms with van der Waals surface area (Å²) in [5, 5.41) is 8.07. The molecule has 0 saturated heterocycles. The monoisotopic (exact) mass is 344 g/mol. The van der Waals surface area contributed by atoms with E-state index in [2.05, 4.69) is 43.8 Å². The molecule has 0 fully saturated rings. The number of hydrogen-bond acceptors (Lipinski definition) is 5. The van der Waals surface area contributed by atoms with E-state index in [0.29, 0.717) is 18.8 Å². The lowest BCUT2D eigenvalue weighted by Crippen LogP contribution is -2.25. The fourth-order valence-electron chi connectivity index (χ4n) is 2.50. The summed E-state index contributed by atoms with van der Waals surface area (Å²) in [6, 6.07) is 4.04. The highest BCUT2D eigenvalue weighted by molar-refractivity contribution is 5.97. The zero-order valence-corrected chi connectivity index (χ0v) is 14.6. The summed E-state index contributed by atoms with van der Waals surface area (Å²) in [7, 11) is 1.69. The second kappa shape index (κ2) is 9.53. The van der Waals surface area contributed by atoms with Gasteiger partial charge in [-0.1, -0.05) is 13.0 Å². The van der Waals surface area contributed by atoms with Gasteiger partial charge in [-0.25, -0.2) is 4.98 Å². The molecule has 134 valence electrons. The maximum absolute atomic E-state index is 11.5. The van der Waals surface area contributed by atoms with Crippen LogP contribution >= 0.6 is 0 Å². The van der Waals surface area contributed by atoms with Gasteiger partial charge in [-0.05, 0) is 18.2 Å². The van der Waals surface area contributed by atoms with Gasteiger partial charge in [0.15, 0.2) is 5.84 Å². The molecule has 0 aromatic carbocycles. The number of amides is 2. The first kappa shape index (κ1) is 18.6. The van der Waals surface area contributed by atoms with E-state index in [0.717, 1.165) is 31.0 Å². The summed E-state index contributed by atoms with van der Waals surface area (Å²) in [6.07, 6.45) is 3.89. The number of amidine groups is 1. The number of rotatable bonds is 8. The lowest BCUT2D eigenvalue weighted by molar-refractivity contribution is -0.120. The van der Waals surface area contributed by atoms with Gasteiger partial charge < -0.3 is 16.0 Å². The van der Waals surface area contributed by atoms with Gasteiger partial charge in [-0.2, -0.15) is 0 Å². The molecule has 0 saturated carbocycles. The number of aromatic nitrogens is 1. The van der Waals surface area contributed by atoms with Gasteiger partial charge >= 0.3 is 0 Å². The topological polar surface area (TPSA) is 98.7 Å². The van der Waals surface area contributed by atoms with E-state index >= 15 is 0 Å². The van der Waals surface area contributed by atoms with E-state index in [1.54, 1.807) is 13.2 Å². The molecular weight excluding hydrogens is 320 g/mol. The molecule has 0 radical (unpaired) electrons. The first-order valence-corrected chi connectivity index (χ1v) is 8.24. The van der Waals surface area contributed by atoms with E-state index in [-0.39, 0.29) is 12.3 Å². The van der Waals surface area contributed by atoms with Crippen LogP contribution in [-0.4, -0.2) is 48.2 Å². The van der Waals surface area contributed by atoms with Crippen LogP contribution in [0.1, 0.15) is 30.3 Å². The summed E-state index contributed by atoms with van der Waals surface area (Å²) in [5.74, 6) is 0.448. The Kier molecular flexibility index (Phi) is 7.09. The quantitative estimate of drug-likeness (QED) is 0.269. The van der Waals surface area contributed by atoms with Crippen molar-refractivity contribution in [2.24, 2.45) is 4.99 Å². The number of nitrogens with zero attached hydrogens (tertiary/aromatic N) is 3. The first-order valence-electron chi connectivity index (χ1n) is 8.24. The molecule has 0 aliphatic carbocycles. The van der Waals surface area contributed by atoms with Crippen LogP contribution in [0.2, 0.25) is 0 Å². The Balaban J connectivity index is 1.88. The van der Waals surface area contributed by atoms with Crippen LogP contribution in [0.5, 0.6) is 0 Å². The number of carbonyl (C=O) groups excluding carboxylic acids is 2. The molecule has 0 bridgehead atoms. The van der Waals surface area contributed by atoms with Gasteiger partial charge in [-0.3, -0.25) is 19.5 Å². The van der Waals surface area contributed by atoms with Crippen molar-refractivity contribution in [2.45, 2.75) is 26.4 Å². The number of hydrogen-bond donors (Lipinski definition) is 3. The summed E-state index contributed by atoms with van der Waals surface area (Å²) < 4.78 is 0. The summed E-state index contributed by atoms with van der Waals surface area (Å²) >= 11 is 0. The smallest absolute Gasteiger partial charge is 0.225 e. The molecule has 2 heterocycles. The molecule has 8 heteroatoms. The Labute approximate surface area is 147 Å². The minimum absolute atomic E-state index is 0.183. The highest BCUT2D eigenvalue weighted by Gasteiger charge is 2.19. The summed E-state index contributed by atoms with van der Waals surface area (Å²) in [4.78, 5) is 32.8. The Morgan fingerprint density at radius 2 is 2.12 bits per heavy atom. The van der Waals surface area contributed by atoms with Crippen molar-refractivity contribution in [1.82, 2.24) is 25.8 Å². The zero-order valence-electron chi connectivity index (χ0n) is 14.6.